The van der Waals surface area contributed by atoms with Crippen LogP contribution in [0.1, 0.15) is 46.7 Å². The zero-order valence-corrected chi connectivity index (χ0v) is 13.3. The van der Waals surface area contributed by atoms with E-state index >= 15 is 0 Å². The number of nitrogen functional groups attached to an aromatic ring is 1. The van der Waals surface area contributed by atoms with Crippen molar-refractivity contribution in [3.8, 4) is 0 Å². The summed E-state index contributed by atoms with van der Waals surface area (Å²) in [5, 5.41) is 6.54. The maximum absolute atomic E-state index is 12.0. The molecule has 0 aromatic carbocycles. The minimum Gasteiger partial charge on any atom is -0.462 e. The first kappa shape index (κ1) is 15.6. The summed E-state index contributed by atoms with van der Waals surface area (Å²) >= 11 is 1.19. The molecule has 0 aliphatic heterocycles. The third-order valence-electron chi connectivity index (χ3n) is 3.62. The largest absolute Gasteiger partial charge is 0.462 e. The molecule has 1 saturated carbocycles. The van der Waals surface area contributed by atoms with Crippen molar-refractivity contribution in [2.75, 3.05) is 24.7 Å². The van der Waals surface area contributed by atoms with Crippen molar-refractivity contribution in [3.63, 3.8) is 0 Å². The van der Waals surface area contributed by atoms with E-state index in [-0.39, 0.29) is 23.1 Å². The van der Waals surface area contributed by atoms with Crippen LogP contribution >= 0.6 is 11.3 Å². The minimum atomic E-state index is -0.485. The van der Waals surface area contributed by atoms with Crippen LogP contribution < -0.4 is 16.4 Å². The summed E-state index contributed by atoms with van der Waals surface area (Å²) in [6, 6.07) is 0.353. The van der Waals surface area contributed by atoms with Gasteiger partial charge in [0, 0.05) is 13.1 Å². The molecule has 7 heteroatoms. The molecule has 1 aliphatic carbocycles. The Morgan fingerprint density at radius 1 is 1.43 bits per heavy atom. The quantitative estimate of drug-likeness (QED) is 0.699. The summed E-state index contributed by atoms with van der Waals surface area (Å²) in [6.45, 7) is 4.14. The number of hydrogen-bond acceptors (Lipinski definition) is 6. The topological polar surface area (TPSA) is 93.4 Å². The second-order valence-electron chi connectivity index (χ2n) is 5.00. The van der Waals surface area contributed by atoms with E-state index in [1.165, 1.54) is 11.3 Å². The molecule has 1 amide bonds. The molecular formula is C14H21N3O3S. The molecule has 0 spiro atoms. The first-order valence-corrected chi connectivity index (χ1v) is 7.93. The number of carbonyl (C=O) groups is 2. The van der Waals surface area contributed by atoms with Crippen molar-refractivity contribution in [2.45, 2.75) is 32.7 Å². The molecule has 0 bridgehead atoms. The van der Waals surface area contributed by atoms with Crippen LogP contribution in [0.25, 0.3) is 0 Å². The lowest BCUT2D eigenvalue weighted by atomic mass is 10.2. The van der Waals surface area contributed by atoms with Gasteiger partial charge in [-0.05, 0) is 19.3 Å². The van der Waals surface area contributed by atoms with Crippen LogP contribution in [0, 0.1) is 5.92 Å². The van der Waals surface area contributed by atoms with E-state index in [9.17, 15) is 9.59 Å². The number of carbonyl (C=O) groups excluding carboxylic acids is 2. The summed E-state index contributed by atoms with van der Waals surface area (Å²) in [7, 11) is 1.54. The van der Waals surface area contributed by atoms with Crippen molar-refractivity contribution in [3.05, 3.63) is 10.4 Å². The fourth-order valence-corrected chi connectivity index (χ4v) is 3.36. The lowest BCUT2D eigenvalue weighted by molar-refractivity contribution is 0.0533. The van der Waals surface area contributed by atoms with Gasteiger partial charge in [-0.2, -0.15) is 0 Å². The Hall–Kier alpha value is -1.76. The summed E-state index contributed by atoms with van der Waals surface area (Å²) in [6.07, 6.45) is 2.18. The summed E-state index contributed by atoms with van der Waals surface area (Å²) < 4.78 is 4.99. The number of nitrogens with one attached hydrogen (secondary N) is 2. The molecule has 6 nitrogen and oxygen atoms in total. The van der Waals surface area contributed by atoms with Gasteiger partial charge in [-0.15, -0.1) is 11.3 Å². The zero-order chi connectivity index (χ0) is 15.6. The van der Waals surface area contributed by atoms with Gasteiger partial charge >= 0.3 is 5.97 Å². The van der Waals surface area contributed by atoms with Crippen LogP contribution in [-0.4, -0.2) is 31.6 Å². The summed E-state index contributed by atoms with van der Waals surface area (Å²) in [4.78, 5) is 24.2. The zero-order valence-electron chi connectivity index (χ0n) is 12.5. The van der Waals surface area contributed by atoms with E-state index in [2.05, 4.69) is 17.6 Å². The van der Waals surface area contributed by atoms with Crippen molar-refractivity contribution >= 4 is 33.9 Å². The van der Waals surface area contributed by atoms with Gasteiger partial charge in [0.05, 0.1) is 17.9 Å². The highest BCUT2D eigenvalue weighted by Gasteiger charge is 2.37. The molecule has 1 heterocycles. The van der Waals surface area contributed by atoms with E-state index in [1.807, 2.05) is 0 Å². The number of rotatable bonds is 6. The van der Waals surface area contributed by atoms with E-state index in [0.29, 0.717) is 22.5 Å². The van der Waals surface area contributed by atoms with Crippen molar-refractivity contribution in [2.24, 2.45) is 5.92 Å². The molecule has 1 fully saturated rings. The number of ether oxygens (including phenoxy) is 1. The van der Waals surface area contributed by atoms with E-state index in [0.717, 1.165) is 12.8 Å². The fourth-order valence-electron chi connectivity index (χ4n) is 2.29. The SMILES string of the molecule is CCOC(=O)c1sc(NC2CC2CC)c(C(=O)NC)c1N. The van der Waals surface area contributed by atoms with Gasteiger partial charge in [0.2, 0.25) is 0 Å². The molecule has 1 aromatic rings. The Morgan fingerprint density at radius 3 is 2.67 bits per heavy atom. The molecule has 0 saturated heterocycles. The van der Waals surface area contributed by atoms with Crippen LogP contribution in [0.5, 0.6) is 0 Å². The van der Waals surface area contributed by atoms with Gasteiger partial charge < -0.3 is 21.1 Å². The van der Waals surface area contributed by atoms with Gasteiger partial charge in [-0.1, -0.05) is 13.3 Å². The van der Waals surface area contributed by atoms with Crippen molar-refractivity contribution < 1.29 is 14.3 Å². The molecule has 116 valence electrons. The van der Waals surface area contributed by atoms with Gasteiger partial charge in [-0.3, -0.25) is 4.79 Å². The molecular weight excluding hydrogens is 290 g/mol. The Balaban J connectivity index is 2.31. The van der Waals surface area contributed by atoms with Crippen molar-refractivity contribution in [1.29, 1.82) is 0 Å². The van der Waals surface area contributed by atoms with Crippen LogP contribution in [0.15, 0.2) is 0 Å². The highest BCUT2D eigenvalue weighted by atomic mass is 32.1. The Kier molecular flexibility index (Phi) is 4.72. The third-order valence-corrected chi connectivity index (χ3v) is 4.74. The third kappa shape index (κ3) is 3.12. The first-order valence-electron chi connectivity index (χ1n) is 7.11. The van der Waals surface area contributed by atoms with Crippen LogP contribution in [-0.2, 0) is 4.74 Å². The lowest BCUT2D eigenvalue weighted by Gasteiger charge is -2.06. The normalized spacial score (nSPS) is 20.0. The number of anilines is 2. The second-order valence-corrected chi connectivity index (χ2v) is 6.02. The summed E-state index contributed by atoms with van der Waals surface area (Å²) in [5.74, 6) is -0.159. The predicted molar refractivity (Wildman–Crippen MR) is 83.9 cm³/mol. The smallest absolute Gasteiger partial charge is 0.350 e. The lowest BCUT2D eigenvalue weighted by Crippen LogP contribution is -2.20. The maximum atomic E-state index is 12.0. The standard InChI is InChI=1S/C14H21N3O3S/c1-4-7-6-8(7)17-13-9(12(18)16-3)10(15)11(21-13)14(19)20-5-2/h7-8,17H,4-6,15H2,1-3H3,(H,16,18). The van der Waals surface area contributed by atoms with Crippen LogP contribution in [0.3, 0.4) is 0 Å². The highest BCUT2D eigenvalue weighted by molar-refractivity contribution is 7.19. The number of amides is 1. The molecule has 1 aromatic heterocycles. The van der Waals surface area contributed by atoms with Gasteiger partial charge in [0.25, 0.3) is 5.91 Å². The maximum Gasteiger partial charge on any atom is 0.350 e. The van der Waals surface area contributed by atoms with E-state index in [1.54, 1.807) is 14.0 Å². The summed E-state index contributed by atoms with van der Waals surface area (Å²) in [5.41, 5.74) is 6.51. The molecule has 0 radical (unpaired) electrons. The first-order chi connectivity index (χ1) is 10.0. The highest BCUT2D eigenvalue weighted by Crippen LogP contribution is 2.42. The Morgan fingerprint density at radius 2 is 2.14 bits per heavy atom. The van der Waals surface area contributed by atoms with E-state index in [4.69, 9.17) is 10.5 Å². The molecule has 2 rings (SSSR count). The molecule has 21 heavy (non-hydrogen) atoms. The van der Waals surface area contributed by atoms with Gasteiger partial charge in [0.15, 0.2) is 0 Å². The number of thiophene rings is 1. The van der Waals surface area contributed by atoms with Crippen molar-refractivity contribution in [1.82, 2.24) is 5.32 Å². The fraction of sp³-hybridized carbons (Fsp3) is 0.571. The number of nitrogens with two attached hydrogens (primary N) is 1. The molecule has 2 unspecified atom stereocenters. The van der Waals surface area contributed by atoms with Gasteiger partial charge in [0.1, 0.15) is 9.88 Å². The Bertz CT molecular complexity index is 556. The van der Waals surface area contributed by atoms with Gasteiger partial charge in [-0.25, -0.2) is 4.79 Å². The second kappa shape index (κ2) is 6.34. The molecule has 1 aliphatic rings. The average molecular weight is 311 g/mol. The monoisotopic (exact) mass is 311 g/mol. The van der Waals surface area contributed by atoms with Crippen LogP contribution in [0.2, 0.25) is 0 Å². The predicted octanol–water partition coefficient (Wildman–Crippen LogP) is 2.08. The van der Waals surface area contributed by atoms with Crippen LogP contribution in [0.4, 0.5) is 10.7 Å². The minimum absolute atomic E-state index is 0.189. The van der Waals surface area contributed by atoms with E-state index < -0.39 is 5.97 Å². The number of hydrogen-bond donors (Lipinski definition) is 3. The Labute approximate surface area is 128 Å². The average Bonchev–Trinajstić information content (AvgIpc) is 3.14. The molecule has 2 atom stereocenters. The number of esters is 1. The molecule has 4 N–H and O–H groups in total.